The zero-order chi connectivity index (χ0) is 14.5. The van der Waals surface area contributed by atoms with Crippen LogP contribution < -0.4 is 4.57 Å². The van der Waals surface area contributed by atoms with Gasteiger partial charge in [-0.3, -0.25) is 0 Å². The van der Waals surface area contributed by atoms with Gasteiger partial charge in [-0.2, -0.15) is 9.83 Å². The first-order valence-electron chi connectivity index (χ1n) is 6.89. The molecule has 0 aliphatic rings. The molecular weight excluding hydrogens is 256 g/mol. The Labute approximate surface area is 124 Å². The first-order valence-corrected chi connectivity index (χ1v) is 6.89. The number of nitrogens with zero attached hydrogens (tertiary/aromatic N) is 2. The Balaban J connectivity index is 1.89. The van der Waals surface area contributed by atoms with Crippen LogP contribution in [0.3, 0.4) is 0 Å². The molecule has 1 heterocycles. The van der Waals surface area contributed by atoms with E-state index >= 15 is 0 Å². The summed E-state index contributed by atoms with van der Waals surface area (Å²) in [5, 5.41) is 11.7. The van der Waals surface area contributed by atoms with Crippen LogP contribution >= 0.6 is 0 Å². The summed E-state index contributed by atoms with van der Waals surface area (Å²) in [6.45, 7) is 0.580. The molecule has 0 amide bonds. The van der Waals surface area contributed by atoms with Crippen molar-refractivity contribution in [3.63, 3.8) is 0 Å². The number of aromatic nitrogens is 1. The maximum absolute atomic E-state index is 9.33. The van der Waals surface area contributed by atoms with E-state index in [4.69, 9.17) is 0 Å². The highest BCUT2D eigenvalue weighted by Crippen LogP contribution is 2.11. The lowest BCUT2D eigenvalue weighted by Gasteiger charge is -1.99. The Morgan fingerprint density at radius 3 is 2.43 bits per heavy atom. The van der Waals surface area contributed by atoms with Crippen LogP contribution in [0.2, 0.25) is 0 Å². The summed E-state index contributed by atoms with van der Waals surface area (Å²) in [5.41, 5.74) is 1.79. The third-order valence-electron chi connectivity index (χ3n) is 3.38. The lowest BCUT2D eigenvalue weighted by atomic mass is 10.1. The maximum Gasteiger partial charge on any atom is 0.183 e. The van der Waals surface area contributed by atoms with Gasteiger partial charge in [-0.05, 0) is 23.1 Å². The van der Waals surface area contributed by atoms with E-state index < -0.39 is 0 Å². The van der Waals surface area contributed by atoms with Gasteiger partial charge in [0, 0.05) is 11.5 Å². The Hall–Kier alpha value is -2.92. The topological polar surface area (TPSA) is 27.7 Å². The molecule has 2 heteroatoms. The predicted octanol–water partition coefficient (Wildman–Crippen LogP) is 3.73. The molecule has 0 saturated heterocycles. The number of hydrogen-bond acceptors (Lipinski definition) is 1. The minimum Gasteiger partial charge on any atom is -0.199 e. The highest BCUT2D eigenvalue weighted by molar-refractivity contribution is 5.80. The normalized spacial score (nSPS) is 11.3. The van der Waals surface area contributed by atoms with Crippen LogP contribution in [0.25, 0.3) is 16.8 Å². The average molecular weight is 271 g/mol. The number of nitriles is 1. The molecule has 0 unspecified atom stereocenters. The van der Waals surface area contributed by atoms with Crippen LogP contribution in [0.15, 0.2) is 78.6 Å². The molecule has 0 saturated carbocycles. The molecule has 1 aromatic heterocycles. The Morgan fingerprint density at radius 1 is 0.952 bits per heavy atom. The average Bonchev–Trinajstić information content (AvgIpc) is 2.55. The van der Waals surface area contributed by atoms with E-state index in [9.17, 15) is 5.26 Å². The smallest absolute Gasteiger partial charge is 0.183 e. The highest BCUT2D eigenvalue weighted by Gasteiger charge is 2.06. The van der Waals surface area contributed by atoms with E-state index in [-0.39, 0.29) is 0 Å². The van der Waals surface area contributed by atoms with Crippen molar-refractivity contribution in [2.24, 2.45) is 0 Å². The molecule has 3 aromatic rings. The molecule has 2 nitrogen and oxygen atoms in total. The molecule has 0 spiro atoms. The monoisotopic (exact) mass is 271 g/mol. The zero-order valence-electron chi connectivity index (χ0n) is 11.6. The van der Waals surface area contributed by atoms with Crippen molar-refractivity contribution in [1.29, 1.82) is 5.26 Å². The van der Waals surface area contributed by atoms with Crippen LogP contribution in [-0.4, -0.2) is 0 Å². The highest BCUT2D eigenvalue weighted by atomic mass is 14.9. The van der Waals surface area contributed by atoms with E-state index in [0.717, 1.165) is 11.1 Å². The SMILES string of the molecule is N#CC(=Cc1ccccc1)C[n+]1ccc2ccccc2c1. The van der Waals surface area contributed by atoms with Gasteiger partial charge >= 0.3 is 0 Å². The molecule has 0 aliphatic carbocycles. The molecule has 100 valence electrons. The van der Waals surface area contributed by atoms with Crippen molar-refractivity contribution in [2.75, 3.05) is 0 Å². The predicted molar refractivity (Wildman–Crippen MR) is 84.2 cm³/mol. The third-order valence-corrected chi connectivity index (χ3v) is 3.38. The number of fused-ring (bicyclic) bond motifs is 1. The number of hydrogen-bond donors (Lipinski definition) is 0. The van der Waals surface area contributed by atoms with Crippen LogP contribution in [0.5, 0.6) is 0 Å². The fraction of sp³-hybridized carbons (Fsp3) is 0.0526. The summed E-state index contributed by atoms with van der Waals surface area (Å²) in [6.07, 6.45) is 6.02. The fourth-order valence-electron chi connectivity index (χ4n) is 2.34. The van der Waals surface area contributed by atoms with Crippen LogP contribution in [-0.2, 0) is 6.54 Å². The Kier molecular flexibility index (Phi) is 3.75. The number of allylic oxidation sites excluding steroid dienone is 1. The minimum absolute atomic E-state index is 0.580. The summed E-state index contributed by atoms with van der Waals surface area (Å²) < 4.78 is 2.04. The first kappa shape index (κ1) is 13.1. The van der Waals surface area contributed by atoms with E-state index in [1.165, 1.54) is 10.8 Å². The molecule has 0 radical (unpaired) electrons. The quantitative estimate of drug-likeness (QED) is 0.527. The van der Waals surface area contributed by atoms with Crippen LogP contribution in [0, 0.1) is 11.3 Å². The number of rotatable bonds is 3. The summed E-state index contributed by atoms with van der Waals surface area (Å²) in [4.78, 5) is 0. The van der Waals surface area contributed by atoms with Gasteiger partial charge in [0.05, 0.1) is 5.57 Å². The Morgan fingerprint density at radius 2 is 1.67 bits per heavy atom. The van der Waals surface area contributed by atoms with E-state index in [2.05, 4.69) is 30.5 Å². The van der Waals surface area contributed by atoms with Gasteiger partial charge in [-0.15, -0.1) is 0 Å². The van der Waals surface area contributed by atoms with Crippen molar-refractivity contribution >= 4 is 16.8 Å². The number of pyridine rings is 1. The van der Waals surface area contributed by atoms with E-state index in [0.29, 0.717) is 6.54 Å². The van der Waals surface area contributed by atoms with Gasteiger partial charge in [0.25, 0.3) is 0 Å². The van der Waals surface area contributed by atoms with Gasteiger partial charge in [-0.25, -0.2) is 0 Å². The second-order valence-corrected chi connectivity index (χ2v) is 4.94. The standard InChI is InChI=1S/C19H15N2/c20-13-17(12-16-6-2-1-3-7-16)14-21-11-10-18-8-4-5-9-19(18)15-21/h1-12,15H,14H2/q+1. The first-order chi connectivity index (χ1) is 10.3. The van der Waals surface area contributed by atoms with Gasteiger partial charge in [0.2, 0.25) is 0 Å². The molecule has 0 aliphatic heterocycles. The second-order valence-electron chi connectivity index (χ2n) is 4.94. The van der Waals surface area contributed by atoms with E-state index in [1.807, 2.05) is 59.3 Å². The second kappa shape index (κ2) is 6.02. The maximum atomic E-state index is 9.33. The molecule has 21 heavy (non-hydrogen) atoms. The third kappa shape index (κ3) is 3.16. The molecule has 0 N–H and O–H groups in total. The molecule has 0 atom stereocenters. The van der Waals surface area contributed by atoms with E-state index in [1.54, 1.807) is 0 Å². The summed E-state index contributed by atoms with van der Waals surface area (Å²) in [6, 6.07) is 22.5. The lowest BCUT2D eigenvalue weighted by Crippen LogP contribution is -2.33. The zero-order valence-corrected chi connectivity index (χ0v) is 11.6. The summed E-state index contributed by atoms with van der Waals surface area (Å²) in [5.74, 6) is 0. The van der Waals surface area contributed by atoms with Crippen molar-refractivity contribution in [2.45, 2.75) is 6.54 Å². The largest absolute Gasteiger partial charge is 0.199 e. The molecule has 3 rings (SSSR count). The summed E-state index contributed by atoms with van der Waals surface area (Å²) in [7, 11) is 0. The number of benzene rings is 2. The van der Waals surface area contributed by atoms with Gasteiger partial charge < -0.3 is 0 Å². The lowest BCUT2D eigenvalue weighted by molar-refractivity contribution is -0.686. The molecule has 0 fully saturated rings. The van der Waals surface area contributed by atoms with Crippen LogP contribution in [0.1, 0.15) is 5.56 Å². The van der Waals surface area contributed by atoms with Crippen molar-refractivity contribution in [3.05, 3.63) is 84.2 Å². The van der Waals surface area contributed by atoms with Crippen molar-refractivity contribution in [3.8, 4) is 6.07 Å². The molecule has 2 aromatic carbocycles. The Bertz CT molecular complexity index is 827. The molecule has 0 bridgehead atoms. The van der Waals surface area contributed by atoms with Crippen molar-refractivity contribution < 1.29 is 4.57 Å². The van der Waals surface area contributed by atoms with Crippen LogP contribution in [0.4, 0.5) is 0 Å². The van der Waals surface area contributed by atoms with Crippen molar-refractivity contribution in [1.82, 2.24) is 0 Å². The molecular formula is C19H15N2+. The van der Waals surface area contributed by atoms with Gasteiger partial charge in [0.1, 0.15) is 6.07 Å². The van der Waals surface area contributed by atoms with Gasteiger partial charge in [-0.1, -0.05) is 48.5 Å². The minimum atomic E-state index is 0.580. The van der Waals surface area contributed by atoms with Gasteiger partial charge in [0.15, 0.2) is 18.9 Å². The fourth-order valence-corrected chi connectivity index (χ4v) is 2.34. The summed E-state index contributed by atoms with van der Waals surface area (Å²) >= 11 is 0.